The predicted octanol–water partition coefficient (Wildman–Crippen LogP) is 3.02. The molecular formula is C13H15FN2O2. The first kappa shape index (κ1) is 12.7. The van der Waals surface area contributed by atoms with E-state index in [2.05, 4.69) is 10.1 Å². The fourth-order valence-corrected chi connectivity index (χ4v) is 1.71. The molecule has 0 fully saturated rings. The van der Waals surface area contributed by atoms with Gasteiger partial charge in [-0.3, -0.25) is 0 Å². The summed E-state index contributed by atoms with van der Waals surface area (Å²) in [5, 5.41) is 13.5. The number of aliphatic hydroxyl groups is 1. The molecule has 2 aromatic rings. The summed E-state index contributed by atoms with van der Waals surface area (Å²) in [5.74, 6) is 0.122. The Morgan fingerprint density at radius 1 is 1.44 bits per heavy atom. The molecule has 1 unspecified atom stereocenters. The average molecular weight is 250 g/mol. The fraction of sp³-hybridized carbons (Fsp3) is 0.385. The number of aliphatic hydroxyl groups excluding tert-OH is 1. The van der Waals surface area contributed by atoms with E-state index in [0.29, 0.717) is 12.0 Å². The second-order valence-corrected chi connectivity index (χ2v) is 4.22. The lowest BCUT2D eigenvalue weighted by molar-refractivity contribution is 0.153. The Balaban J connectivity index is 2.32. The second-order valence-electron chi connectivity index (χ2n) is 4.22. The third kappa shape index (κ3) is 2.56. The molecule has 5 heteroatoms. The van der Waals surface area contributed by atoms with Crippen molar-refractivity contribution < 1.29 is 14.0 Å². The summed E-state index contributed by atoms with van der Waals surface area (Å²) >= 11 is 0. The first-order valence-electron chi connectivity index (χ1n) is 5.90. The maximum absolute atomic E-state index is 13.2. The highest BCUT2D eigenvalue weighted by Crippen LogP contribution is 2.24. The minimum Gasteiger partial charge on any atom is -0.385 e. The van der Waals surface area contributed by atoms with E-state index in [1.165, 1.54) is 12.1 Å². The number of nitrogens with zero attached hydrogens (tertiary/aromatic N) is 2. The quantitative estimate of drug-likeness (QED) is 0.906. The molecule has 0 radical (unpaired) electrons. The van der Waals surface area contributed by atoms with Crippen LogP contribution in [0.25, 0.3) is 11.5 Å². The molecule has 4 nitrogen and oxygen atoms in total. The van der Waals surface area contributed by atoms with Crippen molar-refractivity contribution in [3.63, 3.8) is 0 Å². The van der Waals surface area contributed by atoms with Gasteiger partial charge in [0, 0.05) is 5.56 Å². The van der Waals surface area contributed by atoms with Crippen LogP contribution in [0.15, 0.2) is 22.7 Å². The third-order valence-corrected chi connectivity index (χ3v) is 2.73. The van der Waals surface area contributed by atoms with Gasteiger partial charge in [-0.15, -0.1) is 0 Å². The van der Waals surface area contributed by atoms with Crippen molar-refractivity contribution in [1.82, 2.24) is 10.1 Å². The Morgan fingerprint density at radius 2 is 2.22 bits per heavy atom. The molecule has 0 aliphatic rings. The Kier molecular flexibility index (Phi) is 3.72. The van der Waals surface area contributed by atoms with Gasteiger partial charge in [0.1, 0.15) is 11.9 Å². The fourth-order valence-electron chi connectivity index (χ4n) is 1.71. The molecule has 18 heavy (non-hydrogen) atoms. The van der Waals surface area contributed by atoms with E-state index in [9.17, 15) is 9.50 Å². The second kappa shape index (κ2) is 5.27. The zero-order chi connectivity index (χ0) is 13.1. The van der Waals surface area contributed by atoms with Crippen LogP contribution >= 0.6 is 0 Å². The van der Waals surface area contributed by atoms with Crippen molar-refractivity contribution in [2.45, 2.75) is 32.8 Å². The average Bonchev–Trinajstić information content (AvgIpc) is 2.82. The summed E-state index contributed by atoms with van der Waals surface area (Å²) in [6.45, 7) is 3.79. The van der Waals surface area contributed by atoms with Crippen LogP contribution in [-0.4, -0.2) is 15.2 Å². The van der Waals surface area contributed by atoms with E-state index in [1.54, 1.807) is 6.07 Å². The van der Waals surface area contributed by atoms with Crippen LogP contribution < -0.4 is 0 Å². The summed E-state index contributed by atoms with van der Waals surface area (Å²) in [7, 11) is 0. The molecule has 0 saturated heterocycles. The molecule has 0 aliphatic heterocycles. The van der Waals surface area contributed by atoms with Crippen LogP contribution in [0, 0.1) is 12.7 Å². The maximum Gasteiger partial charge on any atom is 0.258 e. The van der Waals surface area contributed by atoms with Crippen LogP contribution in [0.2, 0.25) is 0 Å². The van der Waals surface area contributed by atoms with Crippen molar-refractivity contribution in [3.8, 4) is 11.5 Å². The van der Waals surface area contributed by atoms with Gasteiger partial charge in [0.15, 0.2) is 0 Å². The predicted molar refractivity (Wildman–Crippen MR) is 64.3 cm³/mol. The zero-order valence-electron chi connectivity index (χ0n) is 10.4. The molecule has 1 N–H and O–H groups in total. The van der Waals surface area contributed by atoms with Crippen molar-refractivity contribution in [3.05, 3.63) is 35.4 Å². The Morgan fingerprint density at radius 3 is 2.94 bits per heavy atom. The topological polar surface area (TPSA) is 59.2 Å². The number of hydrogen-bond donors (Lipinski definition) is 1. The number of aryl methyl sites for hydroxylation is 1. The number of halogens is 1. The molecule has 96 valence electrons. The van der Waals surface area contributed by atoms with Crippen LogP contribution in [0.4, 0.5) is 4.39 Å². The summed E-state index contributed by atoms with van der Waals surface area (Å²) in [6, 6.07) is 4.37. The summed E-state index contributed by atoms with van der Waals surface area (Å²) in [5.41, 5.74) is 1.40. The molecule has 1 atom stereocenters. The van der Waals surface area contributed by atoms with Crippen LogP contribution in [-0.2, 0) is 0 Å². The van der Waals surface area contributed by atoms with E-state index < -0.39 is 6.10 Å². The van der Waals surface area contributed by atoms with Gasteiger partial charge in [-0.05, 0) is 31.0 Å². The van der Waals surface area contributed by atoms with E-state index in [1.807, 2.05) is 13.8 Å². The Labute approximate surface area is 104 Å². The lowest BCUT2D eigenvalue weighted by Gasteiger charge is -2.02. The van der Waals surface area contributed by atoms with Crippen LogP contribution in [0.5, 0.6) is 0 Å². The van der Waals surface area contributed by atoms with E-state index >= 15 is 0 Å². The van der Waals surface area contributed by atoms with Crippen molar-refractivity contribution in [2.75, 3.05) is 0 Å². The lowest BCUT2D eigenvalue weighted by Crippen LogP contribution is -1.99. The van der Waals surface area contributed by atoms with Gasteiger partial charge >= 0.3 is 0 Å². The highest BCUT2D eigenvalue weighted by Gasteiger charge is 2.17. The minimum absolute atomic E-state index is 0.233. The lowest BCUT2D eigenvalue weighted by atomic mass is 10.1. The molecule has 1 aromatic carbocycles. The van der Waals surface area contributed by atoms with Gasteiger partial charge in [-0.2, -0.15) is 4.98 Å². The van der Waals surface area contributed by atoms with E-state index in [4.69, 9.17) is 4.52 Å². The first-order valence-corrected chi connectivity index (χ1v) is 5.90. The minimum atomic E-state index is -0.735. The van der Waals surface area contributed by atoms with Gasteiger partial charge in [0.2, 0.25) is 5.82 Å². The number of benzene rings is 1. The molecule has 1 heterocycles. The van der Waals surface area contributed by atoms with Crippen molar-refractivity contribution in [1.29, 1.82) is 0 Å². The molecule has 0 bridgehead atoms. The maximum atomic E-state index is 13.2. The van der Waals surface area contributed by atoms with E-state index in [0.717, 1.165) is 12.0 Å². The number of hydrogen-bond acceptors (Lipinski definition) is 4. The highest BCUT2D eigenvalue weighted by molar-refractivity contribution is 5.58. The molecule has 1 aromatic heterocycles. The smallest absolute Gasteiger partial charge is 0.258 e. The summed E-state index contributed by atoms with van der Waals surface area (Å²) < 4.78 is 18.2. The summed E-state index contributed by atoms with van der Waals surface area (Å²) in [4.78, 5) is 4.11. The van der Waals surface area contributed by atoms with Gasteiger partial charge < -0.3 is 9.63 Å². The molecule has 0 spiro atoms. The molecule has 2 rings (SSSR count). The number of rotatable bonds is 4. The SMILES string of the molecule is CCCC(O)c1noc(-c2cc(F)ccc2C)n1. The van der Waals surface area contributed by atoms with Gasteiger partial charge in [0.05, 0.1) is 0 Å². The van der Waals surface area contributed by atoms with Crippen molar-refractivity contribution in [2.24, 2.45) is 0 Å². The molecular weight excluding hydrogens is 235 g/mol. The van der Waals surface area contributed by atoms with E-state index in [-0.39, 0.29) is 17.5 Å². The standard InChI is InChI=1S/C13H15FN2O2/c1-3-4-11(17)12-15-13(18-16-12)10-7-9(14)6-5-8(10)2/h5-7,11,17H,3-4H2,1-2H3. The monoisotopic (exact) mass is 250 g/mol. The van der Waals surface area contributed by atoms with Crippen molar-refractivity contribution >= 4 is 0 Å². The Bertz CT molecular complexity index is 540. The normalized spacial score (nSPS) is 12.7. The van der Waals surface area contributed by atoms with Crippen LogP contribution in [0.3, 0.4) is 0 Å². The largest absolute Gasteiger partial charge is 0.385 e. The highest BCUT2D eigenvalue weighted by atomic mass is 19.1. The zero-order valence-corrected chi connectivity index (χ0v) is 10.4. The van der Waals surface area contributed by atoms with Gasteiger partial charge in [0.25, 0.3) is 5.89 Å². The third-order valence-electron chi connectivity index (χ3n) is 2.73. The molecule has 0 amide bonds. The molecule has 0 saturated carbocycles. The first-order chi connectivity index (χ1) is 8.61. The number of aromatic nitrogens is 2. The van der Waals surface area contributed by atoms with Gasteiger partial charge in [-0.25, -0.2) is 4.39 Å². The molecule has 0 aliphatic carbocycles. The Hall–Kier alpha value is -1.75. The van der Waals surface area contributed by atoms with Gasteiger partial charge in [-0.1, -0.05) is 24.6 Å². The van der Waals surface area contributed by atoms with Crippen LogP contribution in [0.1, 0.15) is 37.3 Å². The summed E-state index contributed by atoms with van der Waals surface area (Å²) in [6.07, 6.45) is 0.659.